The first kappa shape index (κ1) is 16.5. The van der Waals surface area contributed by atoms with E-state index in [4.69, 9.17) is 9.36 Å². The second kappa shape index (κ2) is 6.07. The minimum Gasteiger partial charge on any atom is -0.337 e. The van der Waals surface area contributed by atoms with Crippen molar-refractivity contribution < 1.29 is 22.6 Å². The van der Waals surface area contributed by atoms with Crippen molar-refractivity contribution >= 4 is 33.2 Å². The van der Waals surface area contributed by atoms with Crippen molar-refractivity contribution in [1.29, 1.82) is 0 Å². The number of anilines is 1. The first-order valence-corrected chi connectivity index (χ1v) is 8.49. The molecule has 2 aromatic heterocycles. The first-order valence-electron chi connectivity index (χ1n) is 6.13. The summed E-state index contributed by atoms with van der Waals surface area (Å²) in [6.45, 7) is 3.38. The molecule has 0 atom stereocenters. The van der Waals surface area contributed by atoms with Crippen LogP contribution in [-0.4, -0.2) is 38.7 Å². The molecule has 10 heteroatoms. The summed E-state index contributed by atoms with van der Waals surface area (Å²) in [5.74, 6) is -0.523. The van der Waals surface area contributed by atoms with E-state index in [0.717, 1.165) is 16.4 Å². The van der Waals surface area contributed by atoms with E-state index in [2.05, 4.69) is 9.88 Å². The van der Waals surface area contributed by atoms with Gasteiger partial charge in [0.15, 0.2) is 0 Å². The van der Waals surface area contributed by atoms with Crippen LogP contribution in [0.3, 0.4) is 0 Å². The van der Waals surface area contributed by atoms with Gasteiger partial charge >= 0.3 is 0 Å². The smallest absolute Gasteiger partial charge is 0.288 e. The van der Waals surface area contributed by atoms with E-state index in [1.807, 2.05) is 0 Å². The predicted octanol–water partition coefficient (Wildman–Crippen LogP) is 1.79. The number of sulfonamides is 1. The summed E-state index contributed by atoms with van der Waals surface area (Å²) in [7, 11) is -1.26. The maximum absolute atomic E-state index is 12.5. The standard InChI is InChI=1S/C12H15N3O5S2/c1-7-8(2)13-20-11(7)14-22(17,18)9-5-6-21-10(9)12(16)15(3)19-4/h5-6,14H,1-4H3. The molecule has 120 valence electrons. The van der Waals surface area contributed by atoms with Crippen LogP contribution in [0, 0.1) is 13.8 Å². The maximum atomic E-state index is 12.5. The number of nitrogens with zero attached hydrogens (tertiary/aromatic N) is 2. The molecule has 0 saturated carbocycles. The minimum atomic E-state index is -3.97. The molecule has 0 saturated heterocycles. The van der Waals surface area contributed by atoms with Gasteiger partial charge in [-0.1, -0.05) is 5.16 Å². The molecule has 0 aromatic carbocycles. The molecule has 0 aliphatic rings. The van der Waals surface area contributed by atoms with E-state index in [1.54, 1.807) is 13.8 Å². The summed E-state index contributed by atoms with van der Waals surface area (Å²) in [6.07, 6.45) is 0. The molecule has 2 rings (SSSR count). The zero-order valence-electron chi connectivity index (χ0n) is 12.4. The predicted molar refractivity (Wildman–Crippen MR) is 80.2 cm³/mol. The molecule has 0 spiro atoms. The van der Waals surface area contributed by atoms with Gasteiger partial charge in [-0.05, 0) is 25.3 Å². The second-order valence-electron chi connectivity index (χ2n) is 4.43. The summed E-state index contributed by atoms with van der Waals surface area (Å²) < 4.78 is 32.2. The number of aryl methyl sites for hydroxylation is 1. The highest BCUT2D eigenvalue weighted by Gasteiger charge is 2.27. The molecule has 0 aliphatic carbocycles. The van der Waals surface area contributed by atoms with E-state index in [9.17, 15) is 13.2 Å². The van der Waals surface area contributed by atoms with Gasteiger partial charge in [-0.15, -0.1) is 11.3 Å². The normalized spacial score (nSPS) is 11.5. The van der Waals surface area contributed by atoms with Gasteiger partial charge in [0.2, 0.25) is 5.88 Å². The van der Waals surface area contributed by atoms with Gasteiger partial charge in [-0.25, -0.2) is 18.2 Å². The van der Waals surface area contributed by atoms with E-state index in [1.165, 1.54) is 25.6 Å². The number of carbonyl (C=O) groups excluding carboxylic acids is 1. The molecular formula is C12H15N3O5S2. The first-order chi connectivity index (χ1) is 10.3. The highest BCUT2D eigenvalue weighted by atomic mass is 32.2. The van der Waals surface area contributed by atoms with E-state index in [0.29, 0.717) is 11.3 Å². The number of hydrogen-bond acceptors (Lipinski definition) is 7. The van der Waals surface area contributed by atoms with Crippen LogP contribution in [0.4, 0.5) is 5.88 Å². The summed E-state index contributed by atoms with van der Waals surface area (Å²) in [5.41, 5.74) is 1.17. The molecule has 1 N–H and O–H groups in total. The molecule has 0 fully saturated rings. The zero-order chi connectivity index (χ0) is 16.5. The highest BCUT2D eigenvalue weighted by molar-refractivity contribution is 7.93. The van der Waals surface area contributed by atoms with Gasteiger partial charge < -0.3 is 4.52 Å². The van der Waals surface area contributed by atoms with Crippen LogP contribution in [0.1, 0.15) is 20.9 Å². The van der Waals surface area contributed by atoms with Gasteiger partial charge in [-0.2, -0.15) is 0 Å². The molecular weight excluding hydrogens is 330 g/mol. The number of aromatic nitrogens is 1. The quantitative estimate of drug-likeness (QED) is 0.829. The fourth-order valence-electron chi connectivity index (χ4n) is 1.58. The Kier molecular flexibility index (Phi) is 4.54. The van der Waals surface area contributed by atoms with E-state index < -0.39 is 15.9 Å². The van der Waals surface area contributed by atoms with Crippen LogP contribution >= 0.6 is 11.3 Å². The third kappa shape index (κ3) is 2.98. The lowest BCUT2D eigenvalue weighted by molar-refractivity contribution is -0.0755. The molecule has 0 aliphatic heterocycles. The Hall–Kier alpha value is -1.91. The fourth-order valence-corrected chi connectivity index (χ4v) is 4.01. The van der Waals surface area contributed by atoms with E-state index >= 15 is 0 Å². The number of carbonyl (C=O) groups is 1. The lowest BCUT2D eigenvalue weighted by Gasteiger charge is -2.13. The van der Waals surface area contributed by atoms with Crippen molar-refractivity contribution in [2.24, 2.45) is 0 Å². The molecule has 1 amide bonds. The number of amides is 1. The van der Waals surface area contributed by atoms with Crippen molar-refractivity contribution in [1.82, 2.24) is 10.2 Å². The third-order valence-electron chi connectivity index (χ3n) is 3.06. The summed E-state index contributed by atoms with van der Waals surface area (Å²) >= 11 is 1.01. The van der Waals surface area contributed by atoms with Crippen LogP contribution in [0.2, 0.25) is 0 Å². The van der Waals surface area contributed by atoms with Crippen LogP contribution in [0.5, 0.6) is 0 Å². The Labute approximate surface area is 131 Å². The maximum Gasteiger partial charge on any atom is 0.288 e. The molecule has 8 nitrogen and oxygen atoms in total. The number of thiophene rings is 1. The Morgan fingerprint density at radius 3 is 2.68 bits per heavy atom. The number of hydrogen-bond donors (Lipinski definition) is 1. The lowest BCUT2D eigenvalue weighted by atomic mass is 10.3. The van der Waals surface area contributed by atoms with Crippen molar-refractivity contribution in [3.63, 3.8) is 0 Å². The third-order valence-corrected chi connectivity index (χ3v) is 5.46. The minimum absolute atomic E-state index is 0.0298. The summed E-state index contributed by atoms with van der Waals surface area (Å²) in [6, 6.07) is 1.35. The van der Waals surface area contributed by atoms with Crippen molar-refractivity contribution in [3.05, 3.63) is 27.6 Å². The molecule has 0 radical (unpaired) electrons. The second-order valence-corrected chi connectivity index (χ2v) is 6.99. The fraction of sp³-hybridized carbons (Fsp3) is 0.333. The Bertz CT molecular complexity index is 794. The van der Waals surface area contributed by atoms with Crippen LogP contribution in [0.25, 0.3) is 0 Å². The van der Waals surface area contributed by atoms with Crippen LogP contribution in [-0.2, 0) is 14.9 Å². The van der Waals surface area contributed by atoms with Gasteiger partial charge in [0.25, 0.3) is 15.9 Å². The monoisotopic (exact) mass is 345 g/mol. The molecule has 0 bridgehead atoms. The molecule has 2 heterocycles. The number of rotatable bonds is 5. The van der Waals surface area contributed by atoms with E-state index in [-0.39, 0.29) is 15.7 Å². The SMILES string of the molecule is CON(C)C(=O)c1sccc1S(=O)(=O)Nc1onc(C)c1C. The average molecular weight is 345 g/mol. The number of hydroxylamine groups is 2. The van der Waals surface area contributed by atoms with Gasteiger partial charge in [0.1, 0.15) is 9.77 Å². The Morgan fingerprint density at radius 2 is 2.14 bits per heavy atom. The van der Waals surface area contributed by atoms with Crippen molar-refractivity contribution in [2.75, 3.05) is 18.9 Å². The lowest BCUT2D eigenvalue weighted by Crippen LogP contribution is -2.26. The molecule has 2 aromatic rings. The Morgan fingerprint density at radius 1 is 1.45 bits per heavy atom. The average Bonchev–Trinajstić information content (AvgIpc) is 3.08. The van der Waals surface area contributed by atoms with Gasteiger partial charge in [0, 0.05) is 12.6 Å². The topological polar surface area (TPSA) is 102 Å². The van der Waals surface area contributed by atoms with Gasteiger partial charge in [-0.3, -0.25) is 9.63 Å². The molecule has 22 heavy (non-hydrogen) atoms. The van der Waals surface area contributed by atoms with Crippen LogP contribution < -0.4 is 4.72 Å². The zero-order valence-corrected chi connectivity index (χ0v) is 14.0. The van der Waals surface area contributed by atoms with Crippen molar-refractivity contribution in [3.8, 4) is 0 Å². The molecule has 0 unspecified atom stereocenters. The van der Waals surface area contributed by atoms with Crippen LogP contribution in [0.15, 0.2) is 20.9 Å². The van der Waals surface area contributed by atoms with Gasteiger partial charge in [0.05, 0.1) is 12.8 Å². The summed E-state index contributed by atoms with van der Waals surface area (Å²) in [4.78, 5) is 16.8. The summed E-state index contributed by atoms with van der Waals surface area (Å²) in [5, 5.41) is 6.16. The van der Waals surface area contributed by atoms with Crippen molar-refractivity contribution in [2.45, 2.75) is 18.7 Å². The number of nitrogens with one attached hydrogen (secondary N) is 1. The Balaban J connectivity index is 2.37. The largest absolute Gasteiger partial charge is 0.337 e. The highest BCUT2D eigenvalue weighted by Crippen LogP contribution is 2.27.